The third kappa shape index (κ3) is 10.6. The molecule has 1 aliphatic carbocycles. The number of aromatic amines is 1. The Balaban J connectivity index is 1.26. The minimum absolute atomic E-state index is 0.0277. The van der Waals surface area contributed by atoms with Crippen LogP contribution in [0.2, 0.25) is 0 Å². The molecule has 0 radical (unpaired) electrons. The molecule has 0 saturated carbocycles. The molecule has 2 aliphatic rings. The summed E-state index contributed by atoms with van der Waals surface area (Å²) in [5.74, 6) is -2.93. The first kappa shape index (κ1) is 47.3. The highest BCUT2D eigenvalue weighted by atomic mass is 19.1. The fourth-order valence-corrected chi connectivity index (χ4v) is 8.05. The largest absolute Gasteiger partial charge is 0.448 e. The predicted octanol–water partition coefficient (Wildman–Crippen LogP) is 6.19. The monoisotopic (exact) mass is 880 g/mol. The van der Waals surface area contributed by atoms with Crippen LogP contribution in [-0.2, 0) is 23.7 Å². The van der Waals surface area contributed by atoms with Gasteiger partial charge in [-0.3, -0.25) is 19.2 Å². The van der Waals surface area contributed by atoms with E-state index >= 15 is 0 Å². The number of nitrogens with zero attached hydrogens (tertiary/aromatic N) is 2. The van der Waals surface area contributed by atoms with Crippen LogP contribution in [0.4, 0.5) is 14.9 Å². The van der Waals surface area contributed by atoms with Gasteiger partial charge in [0.15, 0.2) is 0 Å². The normalized spacial score (nSPS) is 14.4. The number of anilines is 1. The quantitative estimate of drug-likeness (QED) is 0.0429. The summed E-state index contributed by atoms with van der Waals surface area (Å²) in [6, 6.07) is 14.2. The summed E-state index contributed by atoms with van der Waals surface area (Å²) in [4.78, 5) is 74.5. The van der Waals surface area contributed by atoms with Crippen molar-refractivity contribution in [3.63, 3.8) is 0 Å². The highest BCUT2D eigenvalue weighted by Crippen LogP contribution is 2.46. The molecule has 0 spiro atoms. The molecule has 1 aromatic heterocycles. The predicted molar refractivity (Wildman–Crippen MR) is 241 cm³/mol. The molecule has 340 valence electrons. The second-order valence-corrected chi connectivity index (χ2v) is 15.5. The number of benzene rings is 3. The summed E-state index contributed by atoms with van der Waals surface area (Å²) in [5.41, 5.74) is 6.05. The van der Waals surface area contributed by atoms with Crippen LogP contribution in [0.5, 0.6) is 0 Å². The van der Waals surface area contributed by atoms with Crippen LogP contribution in [0, 0.1) is 19.7 Å². The zero-order chi connectivity index (χ0) is 45.9. The molecule has 1 unspecified atom stereocenters. The number of hydrogen-bond acceptors (Lipinski definition) is 10. The van der Waals surface area contributed by atoms with Crippen molar-refractivity contribution in [2.75, 3.05) is 84.5 Å². The number of ether oxygens (including phenoxy) is 4. The van der Waals surface area contributed by atoms with Gasteiger partial charge in [-0.25, -0.2) is 14.1 Å². The van der Waals surface area contributed by atoms with Gasteiger partial charge in [0.1, 0.15) is 19.2 Å². The number of imide groups is 1. The second-order valence-electron chi connectivity index (χ2n) is 15.5. The highest BCUT2D eigenvalue weighted by molar-refractivity contribution is 6.41. The minimum Gasteiger partial charge on any atom is -0.448 e. The average molecular weight is 881 g/mol. The van der Waals surface area contributed by atoms with Gasteiger partial charge in [-0.15, -0.1) is 0 Å². The third-order valence-electron chi connectivity index (χ3n) is 11.4. The number of amides is 5. The van der Waals surface area contributed by atoms with Crippen LogP contribution >= 0.6 is 0 Å². The van der Waals surface area contributed by atoms with Gasteiger partial charge < -0.3 is 44.8 Å². The Bertz CT molecular complexity index is 2330. The van der Waals surface area contributed by atoms with Crippen molar-refractivity contribution in [3.05, 3.63) is 111 Å². The first-order chi connectivity index (χ1) is 30.9. The standard InChI is InChI=1S/C48H57FN6O9/c1-7-20-62-21-17-51-44(56)31-10-13-34-35-14-11-32(45(57)52-18-22-63-28-61-6)24-37(35)40(36(34)23-31)27-64-48(60)55-42-15-12-33(49)25-38(42)39(47(55)59)26-41-29(4)43(30(5)53-41)46(58)50-16-19-54(8-2)9-3/h10-15,23-26,40,53H,7-9,16-22,27-28H2,1-6H3,(H,50,58)(H,51,56)(H,52,57)/b39-26-. The summed E-state index contributed by atoms with van der Waals surface area (Å²) in [6.45, 7) is 14.1. The first-order valence-corrected chi connectivity index (χ1v) is 21.6. The number of aryl methyl sites for hydroxylation is 1. The molecule has 2 heterocycles. The summed E-state index contributed by atoms with van der Waals surface area (Å²) in [7, 11) is 1.51. The van der Waals surface area contributed by atoms with E-state index in [1.165, 1.54) is 25.3 Å². The van der Waals surface area contributed by atoms with Crippen LogP contribution in [0.1, 0.15) is 97.8 Å². The lowest BCUT2D eigenvalue weighted by molar-refractivity contribution is -0.112. The lowest BCUT2D eigenvalue weighted by Gasteiger charge is -2.19. The zero-order valence-corrected chi connectivity index (χ0v) is 37.3. The van der Waals surface area contributed by atoms with E-state index in [-0.39, 0.29) is 61.1 Å². The number of halogens is 1. The fourth-order valence-electron chi connectivity index (χ4n) is 8.05. The van der Waals surface area contributed by atoms with Crippen molar-refractivity contribution in [1.29, 1.82) is 0 Å². The van der Waals surface area contributed by atoms with Crippen molar-refractivity contribution in [1.82, 2.24) is 25.8 Å². The number of rotatable bonds is 21. The Morgan fingerprint density at radius 1 is 0.797 bits per heavy atom. The molecule has 3 aromatic carbocycles. The maximum absolute atomic E-state index is 14.8. The number of hydrogen-bond donors (Lipinski definition) is 4. The fraction of sp³-hybridized carbons (Fsp3) is 0.396. The second kappa shape index (κ2) is 21.9. The molecule has 4 aromatic rings. The molecule has 64 heavy (non-hydrogen) atoms. The average Bonchev–Trinajstić information content (AvgIpc) is 3.86. The van der Waals surface area contributed by atoms with Gasteiger partial charge in [-0.05, 0) is 110 Å². The number of fused-ring (bicyclic) bond motifs is 4. The number of H-pyrrole nitrogens is 1. The van der Waals surface area contributed by atoms with Crippen LogP contribution in [0.15, 0.2) is 54.6 Å². The van der Waals surface area contributed by atoms with Crippen LogP contribution in [0.25, 0.3) is 22.8 Å². The van der Waals surface area contributed by atoms with E-state index in [0.29, 0.717) is 77.6 Å². The lowest BCUT2D eigenvalue weighted by Crippen LogP contribution is -2.35. The SMILES string of the molecule is CCCOCCNC(=O)c1ccc2c(c1)C(COC(=O)N1C(=O)/C(=C\c3[nH]c(C)c(C(=O)NCCN(CC)CC)c3C)c3cc(F)ccc31)c1cc(C(=O)NCCOCOC)ccc1-2. The molecular formula is C48H57FN6O9. The van der Waals surface area contributed by atoms with E-state index in [9.17, 15) is 28.4 Å². The summed E-state index contributed by atoms with van der Waals surface area (Å²) >= 11 is 0. The maximum atomic E-state index is 14.8. The molecule has 1 atom stereocenters. The number of methoxy groups -OCH3 is 1. The topological polar surface area (TPSA) is 181 Å². The zero-order valence-electron chi connectivity index (χ0n) is 37.3. The molecule has 16 heteroatoms. The third-order valence-corrected chi connectivity index (χ3v) is 11.4. The number of nitrogens with one attached hydrogen (secondary N) is 4. The Labute approximate surface area is 372 Å². The minimum atomic E-state index is -1.00. The van der Waals surface area contributed by atoms with Crippen LogP contribution < -0.4 is 20.9 Å². The van der Waals surface area contributed by atoms with Crippen molar-refractivity contribution in [2.45, 2.75) is 47.0 Å². The van der Waals surface area contributed by atoms with Gasteiger partial charge in [0, 0.05) is 73.9 Å². The number of carbonyl (C=O) groups excluding carboxylic acids is 5. The summed E-state index contributed by atoms with van der Waals surface area (Å²) in [5, 5.41) is 8.68. The van der Waals surface area contributed by atoms with Crippen LogP contribution in [-0.4, -0.2) is 119 Å². The molecule has 15 nitrogen and oxygen atoms in total. The highest BCUT2D eigenvalue weighted by Gasteiger charge is 2.40. The van der Waals surface area contributed by atoms with E-state index in [4.69, 9.17) is 18.9 Å². The molecule has 6 rings (SSSR count). The van der Waals surface area contributed by atoms with Crippen molar-refractivity contribution in [3.8, 4) is 11.1 Å². The molecule has 0 bridgehead atoms. The first-order valence-electron chi connectivity index (χ1n) is 21.6. The Hall–Kier alpha value is -6.20. The molecule has 4 N–H and O–H groups in total. The van der Waals surface area contributed by atoms with E-state index in [1.807, 2.05) is 19.1 Å². The molecule has 5 amide bonds. The van der Waals surface area contributed by atoms with Crippen molar-refractivity contribution >= 4 is 47.1 Å². The van der Waals surface area contributed by atoms with E-state index in [2.05, 4.69) is 39.7 Å². The van der Waals surface area contributed by atoms with Crippen LogP contribution in [0.3, 0.4) is 0 Å². The summed E-state index contributed by atoms with van der Waals surface area (Å²) in [6.07, 6.45) is 1.37. The van der Waals surface area contributed by atoms with Crippen molar-refractivity contribution < 1.29 is 47.3 Å². The van der Waals surface area contributed by atoms with Gasteiger partial charge in [0.25, 0.3) is 23.6 Å². The van der Waals surface area contributed by atoms with E-state index in [0.717, 1.165) is 41.6 Å². The van der Waals surface area contributed by atoms with E-state index in [1.54, 1.807) is 38.1 Å². The Kier molecular flexibility index (Phi) is 16.2. The Morgan fingerprint density at radius 2 is 1.42 bits per heavy atom. The number of carbonyl (C=O) groups is 5. The smallest absolute Gasteiger partial charge is 0.421 e. The molecule has 0 fully saturated rings. The van der Waals surface area contributed by atoms with Crippen molar-refractivity contribution in [2.24, 2.45) is 0 Å². The van der Waals surface area contributed by atoms with Gasteiger partial charge >= 0.3 is 6.09 Å². The van der Waals surface area contributed by atoms with Gasteiger partial charge in [0.2, 0.25) is 0 Å². The Morgan fingerprint density at radius 3 is 2.03 bits per heavy atom. The maximum Gasteiger partial charge on any atom is 0.421 e. The van der Waals surface area contributed by atoms with E-state index < -0.39 is 23.7 Å². The molecular weight excluding hydrogens is 824 g/mol. The summed E-state index contributed by atoms with van der Waals surface area (Å²) < 4.78 is 36.5. The number of likely N-dealkylation sites (N-methyl/N-ethyl adjacent to an activating group) is 1. The van der Waals surface area contributed by atoms with Gasteiger partial charge in [-0.2, -0.15) is 0 Å². The molecule has 0 saturated heterocycles. The van der Waals surface area contributed by atoms with Gasteiger partial charge in [-0.1, -0.05) is 32.9 Å². The number of aromatic nitrogens is 1. The van der Waals surface area contributed by atoms with Gasteiger partial charge in [0.05, 0.1) is 30.0 Å². The molecule has 1 aliphatic heterocycles. The lowest BCUT2D eigenvalue weighted by atomic mass is 9.95.